The summed E-state index contributed by atoms with van der Waals surface area (Å²) in [5.41, 5.74) is 2.00. The largest absolute Gasteiger partial charge is 0.497 e. The molecular formula is C21H22N2O3S2. The van der Waals surface area contributed by atoms with Crippen LogP contribution >= 0.6 is 23.1 Å². The smallest absolute Gasteiger partial charge is 0.233 e. The molecule has 3 aromatic rings. The van der Waals surface area contributed by atoms with Gasteiger partial charge < -0.3 is 14.4 Å². The number of amides is 1. The average molecular weight is 415 g/mol. The summed E-state index contributed by atoms with van der Waals surface area (Å²) in [6.45, 7) is 0.768. The summed E-state index contributed by atoms with van der Waals surface area (Å²) in [6.07, 6.45) is 1.92. The number of hydrogen-bond acceptors (Lipinski definition) is 6. The summed E-state index contributed by atoms with van der Waals surface area (Å²) in [4.78, 5) is 19.6. The highest BCUT2D eigenvalue weighted by Crippen LogP contribution is 2.39. The van der Waals surface area contributed by atoms with E-state index in [9.17, 15) is 4.79 Å². The van der Waals surface area contributed by atoms with Gasteiger partial charge in [-0.15, -0.1) is 11.3 Å². The van der Waals surface area contributed by atoms with Gasteiger partial charge in [-0.3, -0.25) is 4.79 Å². The number of methoxy groups -OCH3 is 2. The van der Waals surface area contributed by atoms with Crippen molar-refractivity contribution in [3.8, 4) is 11.5 Å². The minimum Gasteiger partial charge on any atom is -0.497 e. The van der Waals surface area contributed by atoms with Gasteiger partial charge in [-0.05, 0) is 43.2 Å². The van der Waals surface area contributed by atoms with Crippen LogP contribution in [0.4, 0.5) is 0 Å². The maximum absolute atomic E-state index is 13.0. The zero-order valence-corrected chi connectivity index (χ0v) is 17.5. The summed E-state index contributed by atoms with van der Waals surface area (Å²) in [6, 6.07) is 13.9. The summed E-state index contributed by atoms with van der Waals surface area (Å²) < 4.78 is 13.0. The fraction of sp³-hybridized carbons (Fsp3) is 0.333. The summed E-state index contributed by atoms with van der Waals surface area (Å²) in [5.74, 6) is 2.10. The number of ether oxygens (including phenoxy) is 2. The van der Waals surface area contributed by atoms with Crippen molar-refractivity contribution in [3.63, 3.8) is 0 Å². The zero-order chi connectivity index (χ0) is 19.5. The number of para-hydroxylation sites is 1. The predicted octanol–water partition coefficient (Wildman–Crippen LogP) is 4.77. The van der Waals surface area contributed by atoms with Crippen LogP contribution in [-0.2, 0) is 4.79 Å². The monoisotopic (exact) mass is 414 g/mol. The molecule has 1 aliphatic rings. The molecule has 0 saturated carbocycles. The van der Waals surface area contributed by atoms with Crippen LogP contribution < -0.4 is 9.47 Å². The molecule has 0 spiro atoms. The van der Waals surface area contributed by atoms with Gasteiger partial charge in [0.15, 0.2) is 4.34 Å². The fourth-order valence-corrected chi connectivity index (χ4v) is 5.56. The highest BCUT2D eigenvalue weighted by Gasteiger charge is 2.32. The van der Waals surface area contributed by atoms with Gasteiger partial charge in [0.05, 0.1) is 36.2 Å². The Kier molecular flexibility index (Phi) is 5.73. The first-order chi connectivity index (χ1) is 13.7. The topological polar surface area (TPSA) is 51.7 Å². The van der Waals surface area contributed by atoms with E-state index >= 15 is 0 Å². The van der Waals surface area contributed by atoms with Crippen molar-refractivity contribution in [2.75, 3.05) is 26.5 Å². The number of thioether (sulfide) groups is 1. The van der Waals surface area contributed by atoms with Crippen LogP contribution in [-0.4, -0.2) is 42.3 Å². The first-order valence-corrected chi connectivity index (χ1v) is 11.0. The van der Waals surface area contributed by atoms with Crippen molar-refractivity contribution in [1.82, 2.24) is 9.88 Å². The molecule has 28 heavy (non-hydrogen) atoms. The maximum Gasteiger partial charge on any atom is 0.233 e. The molecule has 1 aromatic heterocycles. The minimum absolute atomic E-state index is 0.0218. The second-order valence-electron chi connectivity index (χ2n) is 6.59. The third-order valence-corrected chi connectivity index (χ3v) is 7.13. The lowest BCUT2D eigenvalue weighted by atomic mass is 10.0. The Morgan fingerprint density at radius 3 is 2.89 bits per heavy atom. The quantitative estimate of drug-likeness (QED) is 0.544. The molecule has 0 N–H and O–H groups in total. The number of fused-ring (bicyclic) bond motifs is 1. The lowest BCUT2D eigenvalue weighted by Crippen LogP contribution is -2.32. The van der Waals surface area contributed by atoms with E-state index in [0.717, 1.165) is 51.0 Å². The van der Waals surface area contributed by atoms with E-state index in [1.54, 1.807) is 25.6 Å². The van der Waals surface area contributed by atoms with Gasteiger partial charge in [0.2, 0.25) is 5.91 Å². The Labute approximate surface area is 172 Å². The van der Waals surface area contributed by atoms with Gasteiger partial charge in [-0.1, -0.05) is 23.9 Å². The Morgan fingerprint density at radius 2 is 2.11 bits per heavy atom. The molecule has 7 heteroatoms. The van der Waals surface area contributed by atoms with Gasteiger partial charge in [-0.25, -0.2) is 4.98 Å². The third kappa shape index (κ3) is 3.82. The van der Waals surface area contributed by atoms with Crippen molar-refractivity contribution in [3.05, 3.63) is 48.0 Å². The molecule has 0 bridgehead atoms. The third-order valence-electron chi connectivity index (χ3n) is 4.96. The number of nitrogens with zero attached hydrogens (tertiary/aromatic N) is 2. The number of thiazole rings is 1. The van der Waals surface area contributed by atoms with Crippen LogP contribution in [0, 0.1) is 0 Å². The zero-order valence-electron chi connectivity index (χ0n) is 15.9. The van der Waals surface area contributed by atoms with Gasteiger partial charge in [0.25, 0.3) is 0 Å². The molecule has 1 amide bonds. The number of carbonyl (C=O) groups excluding carboxylic acids is 1. The molecule has 0 aliphatic carbocycles. The number of hydrogen-bond donors (Lipinski definition) is 0. The van der Waals surface area contributed by atoms with Crippen LogP contribution in [0.3, 0.4) is 0 Å². The summed E-state index contributed by atoms with van der Waals surface area (Å²) in [7, 11) is 3.31. The average Bonchev–Trinajstić information content (AvgIpc) is 3.38. The Bertz CT molecular complexity index is 956. The molecule has 1 saturated heterocycles. The molecule has 0 radical (unpaired) electrons. The molecule has 1 fully saturated rings. The van der Waals surface area contributed by atoms with Crippen molar-refractivity contribution in [2.45, 2.75) is 23.2 Å². The van der Waals surface area contributed by atoms with Crippen LogP contribution in [0.5, 0.6) is 11.5 Å². The van der Waals surface area contributed by atoms with Gasteiger partial charge in [0, 0.05) is 12.1 Å². The van der Waals surface area contributed by atoms with E-state index in [-0.39, 0.29) is 11.9 Å². The lowest BCUT2D eigenvalue weighted by molar-refractivity contribution is -0.129. The fourth-order valence-electron chi connectivity index (χ4n) is 3.61. The second kappa shape index (κ2) is 8.41. The molecule has 5 nitrogen and oxygen atoms in total. The van der Waals surface area contributed by atoms with Crippen LogP contribution in [0.15, 0.2) is 46.8 Å². The number of benzene rings is 2. The van der Waals surface area contributed by atoms with Crippen molar-refractivity contribution < 1.29 is 14.3 Å². The van der Waals surface area contributed by atoms with Crippen molar-refractivity contribution in [2.24, 2.45) is 0 Å². The maximum atomic E-state index is 13.0. The highest BCUT2D eigenvalue weighted by atomic mass is 32.2. The van der Waals surface area contributed by atoms with Crippen molar-refractivity contribution in [1.29, 1.82) is 0 Å². The highest BCUT2D eigenvalue weighted by molar-refractivity contribution is 8.01. The summed E-state index contributed by atoms with van der Waals surface area (Å²) in [5, 5.41) is 0. The van der Waals surface area contributed by atoms with Gasteiger partial charge in [-0.2, -0.15) is 0 Å². The normalized spacial score (nSPS) is 16.5. The van der Waals surface area contributed by atoms with E-state index < -0.39 is 0 Å². The number of rotatable bonds is 6. The first kappa shape index (κ1) is 19.1. The Morgan fingerprint density at radius 1 is 1.25 bits per heavy atom. The van der Waals surface area contributed by atoms with Crippen LogP contribution in [0.25, 0.3) is 10.2 Å². The molecule has 1 aliphatic heterocycles. The molecule has 2 aromatic carbocycles. The van der Waals surface area contributed by atoms with Crippen molar-refractivity contribution >= 4 is 39.2 Å². The van der Waals surface area contributed by atoms with Crippen LogP contribution in [0.2, 0.25) is 0 Å². The molecule has 2 heterocycles. The molecule has 146 valence electrons. The predicted molar refractivity (Wildman–Crippen MR) is 114 cm³/mol. The number of likely N-dealkylation sites (tertiary alicyclic amines) is 1. The number of aromatic nitrogens is 1. The van der Waals surface area contributed by atoms with E-state index in [1.165, 1.54) is 11.8 Å². The van der Waals surface area contributed by atoms with Crippen LogP contribution in [0.1, 0.15) is 24.4 Å². The number of carbonyl (C=O) groups is 1. The Hall–Kier alpha value is -2.25. The lowest BCUT2D eigenvalue weighted by Gasteiger charge is -2.26. The van der Waals surface area contributed by atoms with Gasteiger partial charge in [0.1, 0.15) is 11.5 Å². The molecule has 0 unspecified atom stereocenters. The van der Waals surface area contributed by atoms with E-state index in [2.05, 4.69) is 11.1 Å². The Balaban J connectivity index is 1.49. The molecular weight excluding hydrogens is 392 g/mol. The van der Waals surface area contributed by atoms with E-state index in [0.29, 0.717) is 5.75 Å². The van der Waals surface area contributed by atoms with Gasteiger partial charge >= 0.3 is 0 Å². The second-order valence-corrected chi connectivity index (χ2v) is 8.84. The molecule has 1 atom stereocenters. The molecule has 4 rings (SSSR count). The van der Waals surface area contributed by atoms with E-state index in [4.69, 9.17) is 9.47 Å². The minimum atomic E-state index is 0.0218. The summed E-state index contributed by atoms with van der Waals surface area (Å²) >= 11 is 3.15. The SMILES string of the molecule is COc1ccc(OC)c([C@H]2CCCN2C(=O)CSc2nc3ccccc3s2)c1. The van der Waals surface area contributed by atoms with E-state index in [1.807, 2.05) is 41.3 Å². The first-order valence-electron chi connectivity index (χ1n) is 9.19. The standard InChI is InChI=1S/C21H22N2O3S2/c1-25-14-9-10-18(26-2)15(12-14)17-7-5-11-23(17)20(24)13-27-21-22-16-6-3-4-8-19(16)28-21/h3-4,6,8-10,12,17H,5,7,11,13H2,1-2H3/t17-/m1/s1.